The molecule has 0 aliphatic carbocycles. The van der Waals surface area contributed by atoms with Crippen LogP contribution in [0.1, 0.15) is 6.42 Å². The highest BCUT2D eigenvalue weighted by atomic mass is 32.2. The Kier molecular flexibility index (Phi) is 7.14. The summed E-state index contributed by atoms with van der Waals surface area (Å²) >= 11 is 2.07. The molecule has 0 amide bonds. The SMILES string of the molecule is c1ccc(OCCCNCCN2CCSCC2)cc1. The van der Waals surface area contributed by atoms with Crippen LogP contribution < -0.4 is 10.1 Å². The minimum absolute atomic E-state index is 0.789. The summed E-state index contributed by atoms with van der Waals surface area (Å²) < 4.78 is 5.65. The Morgan fingerprint density at radius 2 is 1.89 bits per heavy atom. The Hall–Kier alpha value is -0.710. The van der Waals surface area contributed by atoms with Crippen LogP contribution in [0.3, 0.4) is 0 Å². The lowest BCUT2D eigenvalue weighted by molar-refractivity contribution is 0.290. The maximum absolute atomic E-state index is 5.65. The number of rotatable bonds is 8. The summed E-state index contributed by atoms with van der Waals surface area (Å²) in [6.45, 7) is 6.61. The van der Waals surface area contributed by atoms with Gasteiger partial charge in [0.15, 0.2) is 0 Å². The van der Waals surface area contributed by atoms with E-state index in [1.807, 2.05) is 30.3 Å². The van der Waals surface area contributed by atoms with Crippen LogP contribution >= 0.6 is 11.8 Å². The van der Waals surface area contributed by atoms with Crippen molar-refractivity contribution in [1.29, 1.82) is 0 Å². The zero-order chi connectivity index (χ0) is 13.2. The number of benzene rings is 1. The van der Waals surface area contributed by atoms with E-state index in [-0.39, 0.29) is 0 Å². The van der Waals surface area contributed by atoms with Gasteiger partial charge in [-0.15, -0.1) is 0 Å². The molecular formula is C15H24N2OS. The Balaban J connectivity index is 1.42. The third kappa shape index (κ3) is 6.32. The number of ether oxygens (including phenoxy) is 1. The molecule has 106 valence electrons. The van der Waals surface area contributed by atoms with Crippen LogP contribution in [-0.4, -0.2) is 55.7 Å². The van der Waals surface area contributed by atoms with E-state index >= 15 is 0 Å². The number of hydrogen-bond acceptors (Lipinski definition) is 4. The molecule has 0 unspecified atom stereocenters. The first-order valence-corrected chi connectivity index (χ1v) is 8.29. The van der Waals surface area contributed by atoms with E-state index in [1.165, 1.54) is 31.1 Å². The van der Waals surface area contributed by atoms with Gasteiger partial charge in [0.2, 0.25) is 0 Å². The van der Waals surface area contributed by atoms with Crippen molar-refractivity contribution >= 4 is 11.8 Å². The molecule has 1 aromatic carbocycles. The lowest BCUT2D eigenvalue weighted by Crippen LogP contribution is -2.38. The van der Waals surface area contributed by atoms with Crippen LogP contribution in [0.2, 0.25) is 0 Å². The summed E-state index contributed by atoms with van der Waals surface area (Å²) in [6, 6.07) is 10.0. The molecular weight excluding hydrogens is 256 g/mol. The van der Waals surface area contributed by atoms with Crippen LogP contribution in [0, 0.1) is 0 Å². The molecule has 1 fully saturated rings. The van der Waals surface area contributed by atoms with Crippen molar-refractivity contribution in [3.05, 3.63) is 30.3 Å². The van der Waals surface area contributed by atoms with Crippen LogP contribution in [0.5, 0.6) is 5.75 Å². The molecule has 2 rings (SSSR count). The van der Waals surface area contributed by atoms with Gasteiger partial charge in [0.25, 0.3) is 0 Å². The zero-order valence-corrected chi connectivity index (χ0v) is 12.3. The molecule has 1 aliphatic heterocycles. The normalized spacial score (nSPS) is 16.4. The molecule has 0 saturated carbocycles. The summed E-state index contributed by atoms with van der Waals surface area (Å²) in [7, 11) is 0. The molecule has 1 N–H and O–H groups in total. The highest BCUT2D eigenvalue weighted by Crippen LogP contribution is 2.08. The van der Waals surface area contributed by atoms with Gasteiger partial charge < -0.3 is 15.0 Å². The molecule has 4 heteroatoms. The van der Waals surface area contributed by atoms with Crippen LogP contribution in [-0.2, 0) is 0 Å². The van der Waals surface area contributed by atoms with Crippen LogP contribution in [0.25, 0.3) is 0 Å². The van der Waals surface area contributed by atoms with E-state index in [0.717, 1.165) is 31.9 Å². The average molecular weight is 280 g/mol. The van der Waals surface area contributed by atoms with Crippen LogP contribution in [0.15, 0.2) is 30.3 Å². The van der Waals surface area contributed by atoms with E-state index in [9.17, 15) is 0 Å². The molecule has 0 bridgehead atoms. The molecule has 1 aliphatic rings. The summed E-state index contributed by atoms with van der Waals surface area (Å²) in [5.41, 5.74) is 0. The predicted octanol–water partition coefficient (Wildman–Crippen LogP) is 2.09. The van der Waals surface area contributed by atoms with Gasteiger partial charge in [-0.05, 0) is 25.1 Å². The summed E-state index contributed by atoms with van der Waals surface area (Å²) in [6.07, 6.45) is 1.06. The van der Waals surface area contributed by atoms with Gasteiger partial charge >= 0.3 is 0 Å². The van der Waals surface area contributed by atoms with E-state index in [1.54, 1.807) is 0 Å². The minimum atomic E-state index is 0.789. The summed E-state index contributed by atoms with van der Waals surface area (Å²) in [4.78, 5) is 2.55. The maximum Gasteiger partial charge on any atom is 0.119 e. The smallest absolute Gasteiger partial charge is 0.119 e. The number of nitrogens with one attached hydrogen (secondary N) is 1. The van der Waals surface area contributed by atoms with Crippen LogP contribution in [0.4, 0.5) is 0 Å². The van der Waals surface area contributed by atoms with Gasteiger partial charge in [-0.25, -0.2) is 0 Å². The quantitative estimate of drug-likeness (QED) is 0.737. The second-order valence-electron chi connectivity index (χ2n) is 4.72. The standard InChI is InChI=1S/C15H24N2OS/c1-2-5-15(6-3-1)18-12-4-7-16-8-9-17-10-13-19-14-11-17/h1-3,5-6,16H,4,7-14H2. The van der Waals surface area contributed by atoms with Gasteiger partial charge in [0.05, 0.1) is 6.61 Å². The molecule has 0 atom stereocenters. The lowest BCUT2D eigenvalue weighted by atomic mass is 10.3. The second-order valence-corrected chi connectivity index (χ2v) is 5.94. The van der Waals surface area contributed by atoms with E-state index in [0.29, 0.717) is 0 Å². The van der Waals surface area contributed by atoms with Crippen molar-refractivity contribution in [3.63, 3.8) is 0 Å². The second kappa shape index (κ2) is 9.23. The molecule has 0 radical (unpaired) electrons. The Bertz CT molecular complexity index is 328. The molecule has 3 nitrogen and oxygen atoms in total. The van der Waals surface area contributed by atoms with Gasteiger partial charge in [0.1, 0.15) is 5.75 Å². The molecule has 1 saturated heterocycles. The first-order valence-electron chi connectivity index (χ1n) is 7.14. The number of nitrogens with zero attached hydrogens (tertiary/aromatic N) is 1. The molecule has 0 spiro atoms. The molecule has 1 aromatic rings. The third-order valence-electron chi connectivity index (χ3n) is 3.22. The largest absolute Gasteiger partial charge is 0.494 e. The highest BCUT2D eigenvalue weighted by Gasteiger charge is 2.08. The zero-order valence-electron chi connectivity index (χ0n) is 11.5. The number of para-hydroxylation sites is 1. The topological polar surface area (TPSA) is 24.5 Å². The minimum Gasteiger partial charge on any atom is -0.494 e. The fourth-order valence-electron chi connectivity index (χ4n) is 2.09. The third-order valence-corrected chi connectivity index (χ3v) is 4.16. The highest BCUT2D eigenvalue weighted by molar-refractivity contribution is 7.99. The van der Waals surface area contributed by atoms with Crippen molar-refractivity contribution in [2.75, 3.05) is 50.8 Å². The Morgan fingerprint density at radius 3 is 2.68 bits per heavy atom. The van der Waals surface area contributed by atoms with Crippen molar-refractivity contribution in [1.82, 2.24) is 10.2 Å². The van der Waals surface area contributed by atoms with Gasteiger partial charge in [-0.2, -0.15) is 11.8 Å². The molecule has 19 heavy (non-hydrogen) atoms. The lowest BCUT2D eigenvalue weighted by Gasteiger charge is -2.26. The van der Waals surface area contributed by atoms with Gasteiger partial charge in [-0.1, -0.05) is 18.2 Å². The maximum atomic E-state index is 5.65. The summed E-state index contributed by atoms with van der Waals surface area (Å²) in [5.74, 6) is 3.56. The van der Waals surface area contributed by atoms with E-state index < -0.39 is 0 Å². The Labute approximate surface area is 120 Å². The monoisotopic (exact) mass is 280 g/mol. The first-order chi connectivity index (χ1) is 9.45. The average Bonchev–Trinajstić information content (AvgIpc) is 2.48. The Morgan fingerprint density at radius 1 is 1.11 bits per heavy atom. The van der Waals surface area contributed by atoms with Crippen molar-refractivity contribution in [3.8, 4) is 5.75 Å². The van der Waals surface area contributed by atoms with Crippen molar-refractivity contribution < 1.29 is 4.74 Å². The number of thioether (sulfide) groups is 1. The van der Waals surface area contributed by atoms with E-state index in [4.69, 9.17) is 4.74 Å². The first kappa shape index (κ1) is 14.7. The van der Waals surface area contributed by atoms with E-state index in [2.05, 4.69) is 22.0 Å². The van der Waals surface area contributed by atoms with Gasteiger partial charge in [0, 0.05) is 37.7 Å². The fraction of sp³-hybridized carbons (Fsp3) is 0.600. The van der Waals surface area contributed by atoms with Crippen molar-refractivity contribution in [2.24, 2.45) is 0 Å². The number of hydrogen-bond donors (Lipinski definition) is 1. The molecule has 1 heterocycles. The van der Waals surface area contributed by atoms with Crippen molar-refractivity contribution in [2.45, 2.75) is 6.42 Å². The molecule has 0 aromatic heterocycles. The predicted molar refractivity (Wildman–Crippen MR) is 83.2 cm³/mol. The fourth-order valence-corrected chi connectivity index (χ4v) is 3.07. The summed E-state index contributed by atoms with van der Waals surface area (Å²) in [5, 5.41) is 3.49. The van der Waals surface area contributed by atoms with Gasteiger partial charge in [-0.3, -0.25) is 0 Å².